The van der Waals surface area contributed by atoms with Gasteiger partial charge >= 0.3 is 11.9 Å². The number of nitro benzene ring substituents is 1. The molecule has 0 unspecified atom stereocenters. The summed E-state index contributed by atoms with van der Waals surface area (Å²) in [6.07, 6.45) is 3.18. The van der Waals surface area contributed by atoms with E-state index in [-0.39, 0.29) is 28.3 Å². The number of nitrogens with zero attached hydrogens (tertiary/aromatic N) is 3. The van der Waals surface area contributed by atoms with Crippen LogP contribution in [0.5, 0.6) is 5.75 Å². The van der Waals surface area contributed by atoms with Crippen molar-refractivity contribution >= 4 is 34.7 Å². The lowest BCUT2D eigenvalue weighted by molar-refractivity contribution is -0.384. The van der Waals surface area contributed by atoms with Crippen LogP contribution in [0.4, 0.5) is 5.69 Å². The van der Waals surface area contributed by atoms with Crippen molar-refractivity contribution in [2.24, 2.45) is 5.10 Å². The number of carbonyl (C=O) groups is 2. The lowest BCUT2D eigenvalue weighted by atomic mass is 10.2. The van der Waals surface area contributed by atoms with Crippen molar-refractivity contribution in [2.75, 3.05) is 7.11 Å². The Labute approximate surface area is 185 Å². The number of non-ortho nitro benzene ring substituents is 1. The molecule has 0 spiro atoms. The van der Waals surface area contributed by atoms with Crippen molar-refractivity contribution in [2.45, 2.75) is 0 Å². The smallest absolute Gasteiger partial charge is 0.335 e. The molecule has 0 bridgehead atoms. The second-order valence-electron chi connectivity index (χ2n) is 6.79. The van der Waals surface area contributed by atoms with Crippen LogP contribution in [-0.4, -0.2) is 39.8 Å². The molecule has 11 nitrogen and oxygen atoms in total. The number of hydrazone groups is 1. The predicted molar refractivity (Wildman–Crippen MR) is 117 cm³/mol. The highest BCUT2D eigenvalue weighted by atomic mass is 16.6. The van der Waals surface area contributed by atoms with Crippen LogP contribution < -0.4 is 10.2 Å². The molecule has 4 rings (SSSR count). The Balaban J connectivity index is 1.52. The topological polar surface area (TPSA) is 149 Å². The molecule has 0 saturated heterocycles. The fourth-order valence-corrected chi connectivity index (χ4v) is 3.19. The van der Waals surface area contributed by atoms with E-state index in [0.29, 0.717) is 16.8 Å². The second kappa shape index (κ2) is 8.67. The zero-order valence-corrected chi connectivity index (χ0v) is 17.1. The maximum atomic E-state index is 12.5. The quantitative estimate of drug-likeness (QED) is 0.249. The summed E-state index contributed by atoms with van der Waals surface area (Å²) < 4.78 is 12.4. The van der Waals surface area contributed by atoms with Gasteiger partial charge in [0, 0.05) is 23.3 Å². The van der Waals surface area contributed by atoms with E-state index in [0.717, 1.165) is 0 Å². The molecular formula is C22H16N4O7. The van der Waals surface area contributed by atoms with Gasteiger partial charge in [-0.25, -0.2) is 10.2 Å². The van der Waals surface area contributed by atoms with Gasteiger partial charge in [0.15, 0.2) is 17.1 Å². The first kappa shape index (κ1) is 21.3. The van der Waals surface area contributed by atoms with Gasteiger partial charge in [-0.3, -0.25) is 14.9 Å². The molecule has 0 radical (unpaired) electrons. The number of carbonyl (C=O) groups excluding carboxylic acids is 1. The van der Waals surface area contributed by atoms with Gasteiger partial charge in [-0.15, -0.1) is 0 Å². The molecule has 0 aliphatic carbocycles. The number of fused-ring (bicyclic) bond motifs is 1. The Hall–Kier alpha value is -4.93. The van der Waals surface area contributed by atoms with Gasteiger partial charge in [-0.05, 0) is 42.5 Å². The number of aromatic nitrogens is 1. The second-order valence-corrected chi connectivity index (χ2v) is 6.79. The van der Waals surface area contributed by atoms with Crippen LogP contribution in [0.25, 0.3) is 16.7 Å². The molecule has 0 aliphatic rings. The Kier molecular flexibility index (Phi) is 5.60. The molecule has 166 valence electrons. The van der Waals surface area contributed by atoms with Crippen LogP contribution in [0.3, 0.4) is 0 Å². The minimum absolute atomic E-state index is 0.0967. The largest absolute Gasteiger partial charge is 0.493 e. The zero-order chi connectivity index (χ0) is 23.5. The standard InChI is InChI=1S/C22H16N4O7/c1-32-18-11-17(26(30)31)9-14-10-19(33-20(14)18)21(27)24-23-12-16-3-2-8-25(16)15-6-4-13(5-7-15)22(28)29/h2-12H,1H3,(H,24,27)(H,28,29)/b23-12-. The minimum Gasteiger partial charge on any atom is -0.493 e. The van der Waals surface area contributed by atoms with Gasteiger partial charge in [0.05, 0.1) is 35.6 Å². The first-order valence-electron chi connectivity index (χ1n) is 9.48. The number of nitro groups is 1. The average molecular weight is 448 g/mol. The molecule has 2 aromatic heterocycles. The molecular weight excluding hydrogens is 432 g/mol. The maximum absolute atomic E-state index is 12.5. The van der Waals surface area contributed by atoms with Crippen LogP contribution in [0.15, 0.2) is 70.3 Å². The molecule has 1 amide bonds. The number of methoxy groups -OCH3 is 1. The van der Waals surface area contributed by atoms with Gasteiger partial charge in [-0.2, -0.15) is 5.10 Å². The third-order valence-electron chi connectivity index (χ3n) is 4.76. The molecule has 2 N–H and O–H groups in total. The number of hydrogen-bond acceptors (Lipinski definition) is 7. The fourth-order valence-electron chi connectivity index (χ4n) is 3.19. The first-order chi connectivity index (χ1) is 15.9. The molecule has 0 saturated carbocycles. The van der Waals surface area contributed by atoms with Crippen molar-refractivity contribution < 1.29 is 28.8 Å². The number of nitrogens with one attached hydrogen (secondary N) is 1. The van der Waals surface area contributed by atoms with Crippen LogP contribution >= 0.6 is 0 Å². The molecule has 0 aliphatic heterocycles. The summed E-state index contributed by atoms with van der Waals surface area (Å²) in [6.45, 7) is 0. The highest BCUT2D eigenvalue weighted by molar-refractivity contribution is 5.98. The van der Waals surface area contributed by atoms with E-state index < -0.39 is 16.8 Å². The van der Waals surface area contributed by atoms with Crippen LogP contribution in [0.1, 0.15) is 26.6 Å². The van der Waals surface area contributed by atoms with Crippen molar-refractivity contribution in [3.05, 3.63) is 87.9 Å². The third kappa shape index (κ3) is 4.28. The lowest BCUT2D eigenvalue weighted by Crippen LogP contribution is -2.17. The summed E-state index contributed by atoms with van der Waals surface area (Å²) in [7, 11) is 1.34. The molecule has 0 atom stereocenters. The zero-order valence-electron chi connectivity index (χ0n) is 17.1. The van der Waals surface area contributed by atoms with Crippen LogP contribution in [-0.2, 0) is 0 Å². The third-order valence-corrected chi connectivity index (χ3v) is 4.76. The predicted octanol–water partition coefficient (Wildman–Crippen LogP) is 3.60. The molecule has 2 heterocycles. The fraction of sp³-hybridized carbons (Fsp3) is 0.0455. The van der Waals surface area contributed by atoms with Gasteiger partial charge in [0.25, 0.3) is 5.69 Å². The van der Waals surface area contributed by atoms with Crippen LogP contribution in [0, 0.1) is 10.1 Å². The van der Waals surface area contributed by atoms with E-state index in [2.05, 4.69) is 10.5 Å². The van der Waals surface area contributed by atoms with E-state index in [1.807, 2.05) is 0 Å². The lowest BCUT2D eigenvalue weighted by Gasteiger charge is -2.06. The summed E-state index contributed by atoms with van der Waals surface area (Å²) in [5, 5.41) is 24.4. The number of carboxylic acids is 1. The highest BCUT2D eigenvalue weighted by Gasteiger charge is 2.19. The highest BCUT2D eigenvalue weighted by Crippen LogP contribution is 2.33. The van der Waals surface area contributed by atoms with Gasteiger partial charge < -0.3 is 18.8 Å². The monoisotopic (exact) mass is 448 g/mol. The van der Waals surface area contributed by atoms with Crippen LogP contribution in [0.2, 0.25) is 0 Å². The SMILES string of the molecule is COc1cc([N+](=O)[O-])cc2cc(C(=O)N/N=C\c3cccn3-c3ccc(C(=O)O)cc3)oc12. The number of carboxylic acid groups (broad SMARTS) is 1. The van der Waals surface area contributed by atoms with Gasteiger partial charge in [0.2, 0.25) is 0 Å². The number of rotatable bonds is 7. The van der Waals surface area contributed by atoms with E-state index in [4.69, 9.17) is 14.3 Å². The summed E-state index contributed by atoms with van der Waals surface area (Å²) in [6, 6.07) is 13.7. The van der Waals surface area contributed by atoms with Crippen molar-refractivity contribution in [3.63, 3.8) is 0 Å². The number of furan rings is 1. The minimum atomic E-state index is -1.02. The van der Waals surface area contributed by atoms with Crippen molar-refractivity contribution in [3.8, 4) is 11.4 Å². The Bertz CT molecular complexity index is 1400. The van der Waals surface area contributed by atoms with E-state index >= 15 is 0 Å². The molecule has 2 aromatic carbocycles. The number of aromatic carboxylic acids is 1. The number of hydrogen-bond donors (Lipinski definition) is 2. The van der Waals surface area contributed by atoms with E-state index in [1.165, 1.54) is 43.7 Å². The summed E-state index contributed by atoms with van der Waals surface area (Å²) >= 11 is 0. The Morgan fingerprint density at radius 2 is 1.97 bits per heavy atom. The molecule has 4 aromatic rings. The Morgan fingerprint density at radius 1 is 1.21 bits per heavy atom. The normalized spacial score (nSPS) is 11.1. The number of ether oxygens (including phenoxy) is 1. The van der Waals surface area contributed by atoms with E-state index in [1.54, 1.807) is 35.0 Å². The first-order valence-corrected chi connectivity index (χ1v) is 9.48. The number of amides is 1. The Morgan fingerprint density at radius 3 is 2.64 bits per heavy atom. The van der Waals surface area contributed by atoms with E-state index in [9.17, 15) is 19.7 Å². The molecule has 11 heteroatoms. The molecule has 33 heavy (non-hydrogen) atoms. The van der Waals surface area contributed by atoms with Crippen molar-refractivity contribution in [1.82, 2.24) is 9.99 Å². The maximum Gasteiger partial charge on any atom is 0.335 e. The van der Waals surface area contributed by atoms with Gasteiger partial charge in [0.1, 0.15) is 0 Å². The van der Waals surface area contributed by atoms with Gasteiger partial charge in [-0.1, -0.05) is 0 Å². The average Bonchev–Trinajstić information content (AvgIpc) is 3.45. The summed E-state index contributed by atoms with van der Waals surface area (Å²) in [5.41, 5.74) is 3.86. The van der Waals surface area contributed by atoms with Crippen molar-refractivity contribution in [1.29, 1.82) is 0 Å². The molecule has 0 fully saturated rings. The summed E-state index contributed by atoms with van der Waals surface area (Å²) in [5.74, 6) is -1.64. The number of benzene rings is 2. The summed E-state index contributed by atoms with van der Waals surface area (Å²) in [4.78, 5) is 34.0.